The molecule has 1 amide bonds. The summed E-state index contributed by atoms with van der Waals surface area (Å²) in [5, 5.41) is 12.4. The van der Waals surface area contributed by atoms with E-state index in [0.717, 1.165) is 25.7 Å². The summed E-state index contributed by atoms with van der Waals surface area (Å²) in [6, 6.07) is 0. The molecule has 0 aromatic carbocycles. The minimum Gasteiger partial charge on any atom is -0.393 e. The van der Waals surface area contributed by atoms with Crippen LogP contribution in [0.15, 0.2) is 0 Å². The lowest BCUT2D eigenvalue weighted by Crippen LogP contribution is -2.52. The van der Waals surface area contributed by atoms with Gasteiger partial charge in [0.15, 0.2) is 0 Å². The predicted molar refractivity (Wildman–Crippen MR) is 63.9 cm³/mol. The number of aliphatic hydroxyl groups excluding tert-OH is 1. The van der Waals surface area contributed by atoms with Crippen molar-refractivity contribution in [3.05, 3.63) is 0 Å². The number of amides is 1. The Morgan fingerprint density at radius 1 is 1.56 bits per heavy atom. The van der Waals surface area contributed by atoms with Crippen molar-refractivity contribution in [2.45, 2.75) is 57.6 Å². The molecule has 0 heterocycles. The second-order valence-electron chi connectivity index (χ2n) is 5.17. The third-order valence-corrected chi connectivity index (χ3v) is 3.56. The molecule has 1 aliphatic rings. The molecule has 1 fully saturated rings. The van der Waals surface area contributed by atoms with E-state index in [4.69, 9.17) is 5.73 Å². The lowest BCUT2D eigenvalue weighted by Gasteiger charge is -2.28. The monoisotopic (exact) mass is 228 g/mol. The molecule has 0 aromatic rings. The van der Waals surface area contributed by atoms with Crippen molar-refractivity contribution in [1.82, 2.24) is 5.32 Å². The number of carbonyl (C=O) groups is 1. The van der Waals surface area contributed by atoms with Crippen LogP contribution in [-0.4, -0.2) is 29.2 Å². The molecule has 4 N–H and O–H groups in total. The molecule has 1 aliphatic carbocycles. The van der Waals surface area contributed by atoms with Crippen molar-refractivity contribution in [3.8, 4) is 0 Å². The first-order valence-electron chi connectivity index (χ1n) is 6.21. The van der Waals surface area contributed by atoms with Gasteiger partial charge in [0, 0.05) is 6.54 Å². The summed E-state index contributed by atoms with van der Waals surface area (Å²) in [7, 11) is 0. The Hall–Kier alpha value is -0.610. The van der Waals surface area contributed by atoms with Crippen molar-refractivity contribution < 1.29 is 9.90 Å². The fourth-order valence-electron chi connectivity index (χ4n) is 2.05. The molecular formula is C12H24N2O2. The first kappa shape index (κ1) is 13.5. The SMILES string of the molecule is CCC(C)(N)C(=O)NCC1CCCC(O)C1. The van der Waals surface area contributed by atoms with Gasteiger partial charge in [0.2, 0.25) is 5.91 Å². The third-order valence-electron chi connectivity index (χ3n) is 3.56. The van der Waals surface area contributed by atoms with Crippen LogP contribution < -0.4 is 11.1 Å². The predicted octanol–water partition coefficient (Wildman–Crippen LogP) is 0.781. The quantitative estimate of drug-likeness (QED) is 0.665. The fourth-order valence-corrected chi connectivity index (χ4v) is 2.05. The van der Waals surface area contributed by atoms with Crippen LogP contribution in [0, 0.1) is 5.92 Å². The van der Waals surface area contributed by atoms with E-state index in [1.807, 2.05) is 6.92 Å². The highest BCUT2D eigenvalue weighted by atomic mass is 16.3. The van der Waals surface area contributed by atoms with Crippen LogP contribution in [0.2, 0.25) is 0 Å². The molecule has 0 spiro atoms. The highest BCUT2D eigenvalue weighted by Gasteiger charge is 2.27. The summed E-state index contributed by atoms with van der Waals surface area (Å²) < 4.78 is 0. The van der Waals surface area contributed by atoms with Gasteiger partial charge < -0.3 is 16.2 Å². The van der Waals surface area contributed by atoms with Gasteiger partial charge in [0.25, 0.3) is 0 Å². The van der Waals surface area contributed by atoms with Crippen LogP contribution in [-0.2, 0) is 4.79 Å². The minimum absolute atomic E-state index is 0.0879. The van der Waals surface area contributed by atoms with Crippen molar-refractivity contribution in [3.63, 3.8) is 0 Å². The molecule has 3 unspecified atom stereocenters. The minimum atomic E-state index is -0.771. The van der Waals surface area contributed by atoms with Gasteiger partial charge in [0.05, 0.1) is 11.6 Å². The van der Waals surface area contributed by atoms with E-state index in [2.05, 4.69) is 5.32 Å². The van der Waals surface area contributed by atoms with Crippen LogP contribution in [0.1, 0.15) is 46.0 Å². The second kappa shape index (κ2) is 5.64. The number of hydrogen-bond acceptors (Lipinski definition) is 3. The Balaban J connectivity index is 2.31. The molecule has 4 nitrogen and oxygen atoms in total. The average molecular weight is 228 g/mol. The number of rotatable bonds is 4. The largest absolute Gasteiger partial charge is 0.393 e. The molecule has 0 aromatic heterocycles. The Kier molecular flexibility index (Phi) is 4.74. The molecule has 1 saturated carbocycles. The Labute approximate surface area is 97.6 Å². The standard InChI is InChI=1S/C12H24N2O2/c1-3-12(2,13)11(16)14-8-9-5-4-6-10(15)7-9/h9-10,15H,3-8,13H2,1-2H3,(H,14,16). The number of carbonyl (C=O) groups excluding carboxylic acids is 1. The molecule has 0 saturated heterocycles. The maximum atomic E-state index is 11.7. The number of hydrogen-bond donors (Lipinski definition) is 3. The van der Waals surface area contributed by atoms with Gasteiger partial charge >= 0.3 is 0 Å². The van der Waals surface area contributed by atoms with Gasteiger partial charge in [0.1, 0.15) is 0 Å². The maximum Gasteiger partial charge on any atom is 0.239 e. The summed E-state index contributed by atoms with van der Waals surface area (Å²) in [5.41, 5.74) is 5.07. The second-order valence-corrected chi connectivity index (χ2v) is 5.17. The van der Waals surface area contributed by atoms with Gasteiger partial charge in [-0.25, -0.2) is 0 Å². The first-order valence-corrected chi connectivity index (χ1v) is 6.21. The molecule has 94 valence electrons. The van der Waals surface area contributed by atoms with Gasteiger partial charge in [-0.3, -0.25) is 4.79 Å². The van der Waals surface area contributed by atoms with Crippen LogP contribution in [0.3, 0.4) is 0 Å². The fraction of sp³-hybridized carbons (Fsp3) is 0.917. The average Bonchev–Trinajstić information content (AvgIpc) is 2.26. The molecule has 1 rings (SSSR count). The number of nitrogens with one attached hydrogen (secondary N) is 1. The zero-order valence-corrected chi connectivity index (χ0v) is 10.3. The molecule has 0 aliphatic heterocycles. The van der Waals surface area contributed by atoms with E-state index in [1.165, 1.54) is 0 Å². The zero-order valence-electron chi connectivity index (χ0n) is 10.3. The molecule has 16 heavy (non-hydrogen) atoms. The van der Waals surface area contributed by atoms with Crippen molar-refractivity contribution in [1.29, 1.82) is 0 Å². The smallest absolute Gasteiger partial charge is 0.239 e. The van der Waals surface area contributed by atoms with E-state index >= 15 is 0 Å². The summed E-state index contributed by atoms with van der Waals surface area (Å²) in [5.74, 6) is 0.315. The summed E-state index contributed by atoms with van der Waals surface area (Å²) >= 11 is 0. The van der Waals surface area contributed by atoms with Crippen LogP contribution in [0.25, 0.3) is 0 Å². The van der Waals surface area contributed by atoms with Crippen LogP contribution in [0.5, 0.6) is 0 Å². The summed E-state index contributed by atoms with van der Waals surface area (Å²) in [4.78, 5) is 11.7. The topological polar surface area (TPSA) is 75.4 Å². The number of aliphatic hydroxyl groups is 1. The van der Waals surface area contributed by atoms with Crippen molar-refractivity contribution >= 4 is 5.91 Å². The van der Waals surface area contributed by atoms with Gasteiger partial charge in [-0.1, -0.05) is 13.3 Å². The van der Waals surface area contributed by atoms with E-state index < -0.39 is 5.54 Å². The van der Waals surface area contributed by atoms with Crippen LogP contribution in [0.4, 0.5) is 0 Å². The maximum absolute atomic E-state index is 11.7. The van der Waals surface area contributed by atoms with E-state index in [-0.39, 0.29) is 12.0 Å². The van der Waals surface area contributed by atoms with E-state index in [1.54, 1.807) is 6.92 Å². The van der Waals surface area contributed by atoms with Gasteiger partial charge in [-0.2, -0.15) is 0 Å². The van der Waals surface area contributed by atoms with Crippen LogP contribution >= 0.6 is 0 Å². The van der Waals surface area contributed by atoms with Crippen molar-refractivity contribution in [2.75, 3.05) is 6.54 Å². The number of nitrogens with two attached hydrogens (primary N) is 1. The third kappa shape index (κ3) is 3.76. The Bertz CT molecular complexity index is 241. The van der Waals surface area contributed by atoms with Crippen molar-refractivity contribution in [2.24, 2.45) is 11.7 Å². The van der Waals surface area contributed by atoms with Gasteiger partial charge in [-0.15, -0.1) is 0 Å². The highest BCUT2D eigenvalue weighted by molar-refractivity contribution is 5.85. The molecular weight excluding hydrogens is 204 g/mol. The summed E-state index contributed by atoms with van der Waals surface area (Å²) in [6.07, 6.45) is 4.28. The van der Waals surface area contributed by atoms with E-state index in [0.29, 0.717) is 18.9 Å². The zero-order chi connectivity index (χ0) is 12.2. The molecule has 0 radical (unpaired) electrons. The Morgan fingerprint density at radius 3 is 2.81 bits per heavy atom. The molecule has 0 bridgehead atoms. The van der Waals surface area contributed by atoms with Gasteiger partial charge in [-0.05, 0) is 38.5 Å². The lowest BCUT2D eigenvalue weighted by atomic mass is 9.87. The first-order chi connectivity index (χ1) is 7.45. The highest BCUT2D eigenvalue weighted by Crippen LogP contribution is 2.23. The molecule has 4 heteroatoms. The Morgan fingerprint density at radius 2 is 2.25 bits per heavy atom. The van der Waals surface area contributed by atoms with E-state index in [9.17, 15) is 9.90 Å². The lowest BCUT2D eigenvalue weighted by molar-refractivity contribution is -0.126. The normalized spacial score (nSPS) is 29.5. The summed E-state index contributed by atoms with van der Waals surface area (Å²) in [6.45, 7) is 4.30. The molecule has 3 atom stereocenters.